The van der Waals surface area contributed by atoms with Crippen molar-refractivity contribution < 1.29 is 28.7 Å². The highest BCUT2D eigenvalue weighted by Crippen LogP contribution is 2.25. The van der Waals surface area contributed by atoms with Crippen molar-refractivity contribution in [3.63, 3.8) is 0 Å². The highest BCUT2D eigenvalue weighted by molar-refractivity contribution is 5.93. The number of hydrogen-bond donors (Lipinski definition) is 0. The number of Topliss-reactive ketones (excluding diaryl/α,β-unsaturated/α-hetero) is 1. The van der Waals surface area contributed by atoms with Crippen LogP contribution in [-0.2, 0) is 19.1 Å². The summed E-state index contributed by atoms with van der Waals surface area (Å²) in [6.45, 7) is 3.95. The van der Waals surface area contributed by atoms with Crippen LogP contribution in [0.25, 0.3) is 0 Å². The number of aliphatic carboxylic acids is 1. The molecule has 0 aliphatic heterocycles. The molecule has 0 bridgehead atoms. The fourth-order valence-corrected chi connectivity index (χ4v) is 4.25. The minimum Gasteiger partial charge on any atom is -0.550 e. The molecule has 0 saturated heterocycles. The molecule has 1 unspecified atom stereocenters. The molecular formula is C29H49NO5. The summed E-state index contributed by atoms with van der Waals surface area (Å²) in [7, 11) is 5.58. The van der Waals surface area contributed by atoms with Crippen molar-refractivity contribution >= 4 is 17.7 Å². The maximum absolute atomic E-state index is 13.3. The first-order valence-corrected chi connectivity index (χ1v) is 13.3. The number of rotatable bonds is 21. The van der Waals surface area contributed by atoms with Crippen LogP contribution in [0.15, 0.2) is 12.2 Å². The normalized spacial score (nSPS) is 13.2. The Hall–Kier alpha value is -2.13. The number of carbonyl (C=O) groups is 3. The lowest BCUT2D eigenvalue weighted by atomic mass is 9.89. The van der Waals surface area contributed by atoms with Gasteiger partial charge < -0.3 is 19.1 Å². The second-order valence-corrected chi connectivity index (χ2v) is 10.5. The average Bonchev–Trinajstić information content (AvgIpc) is 2.75. The predicted molar refractivity (Wildman–Crippen MR) is 139 cm³/mol. The number of nitrogens with zero attached hydrogens (tertiary/aromatic N) is 1. The number of quaternary nitrogens is 1. The van der Waals surface area contributed by atoms with Crippen molar-refractivity contribution in [2.24, 2.45) is 0 Å². The molecule has 0 rings (SSSR count). The number of hydrogen-bond acceptors (Lipinski definition) is 5. The second kappa shape index (κ2) is 19.1. The zero-order valence-electron chi connectivity index (χ0n) is 23.0. The highest BCUT2D eigenvalue weighted by Gasteiger charge is 2.46. The number of esters is 1. The fraction of sp³-hybridized carbons (Fsp3) is 0.759. The van der Waals surface area contributed by atoms with Gasteiger partial charge in [0.1, 0.15) is 6.54 Å². The molecule has 35 heavy (non-hydrogen) atoms. The van der Waals surface area contributed by atoms with Gasteiger partial charge in [-0.1, -0.05) is 50.7 Å². The molecule has 0 heterocycles. The lowest BCUT2D eigenvalue weighted by molar-refractivity contribution is -0.875. The summed E-state index contributed by atoms with van der Waals surface area (Å²) in [5.41, 5.74) is -1.68. The Labute approximate surface area is 214 Å². The van der Waals surface area contributed by atoms with E-state index in [-0.39, 0.29) is 25.2 Å². The summed E-state index contributed by atoms with van der Waals surface area (Å²) >= 11 is 0. The van der Waals surface area contributed by atoms with Crippen molar-refractivity contribution in [1.29, 1.82) is 0 Å². The zero-order chi connectivity index (χ0) is 26.6. The van der Waals surface area contributed by atoms with Crippen LogP contribution in [0.2, 0.25) is 0 Å². The minimum atomic E-state index is -1.68. The van der Waals surface area contributed by atoms with Crippen molar-refractivity contribution in [2.45, 2.75) is 116 Å². The molecule has 0 saturated carbocycles. The minimum absolute atomic E-state index is 0.103. The van der Waals surface area contributed by atoms with Crippen LogP contribution in [0, 0.1) is 11.8 Å². The molecule has 0 aliphatic carbocycles. The molecule has 0 radical (unpaired) electrons. The van der Waals surface area contributed by atoms with Crippen molar-refractivity contribution in [3.05, 3.63) is 12.2 Å². The molecule has 0 aromatic rings. The van der Waals surface area contributed by atoms with Crippen LogP contribution in [0.5, 0.6) is 0 Å². The van der Waals surface area contributed by atoms with Gasteiger partial charge in [0.05, 0.1) is 21.1 Å². The van der Waals surface area contributed by atoms with Gasteiger partial charge in [0.2, 0.25) is 5.60 Å². The molecule has 0 spiro atoms. The molecule has 0 aromatic carbocycles. The predicted octanol–water partition coefficient (Wildman–Crippen LogP) is 4.74. The Balaban J connectivity index is 4.93. The van der Waals surface area contributed by atoms with E-state index in [1.165, 1.54) is 0 Å². The van der Waals surface area contributed by atoms with Crippen molar-refractivity contribution in [3.8, 4) is 11.8 Å². The van der Waals surface area contributed by atoms with Gasteiger partial charge in [-0.3, -0.25) is 9.59 Å². The Bertz CT molecular complexity index is 711. The number of carbonyl (C=O) groups excluding carboxylic acids is 3. The largest absolute Gasteiger partial charge is 0.550 e. The van der Waals surface area contributed by atoms with E-state index >= 15 is 0 Å². The highest BCUT2D eigenvalue weighted by atomic mass is 16.6. The monoisotopic (exact) mass is 491 g/mol. The van der Waals surface area contributed by atoms with Crippen LogP contribution in [0.4, 0.5) is 0 Å². The molecule has 0 fully saturated rings. The van der Waals surface area contributed by atoms with E-state index in [0.29, 0.717) is 17.3 Å². The molecule has 0 aromatic heterocycles. The van der Waals surface area contributed by atoms with Gasteiger partial charge >= 0.3 is 5.97 Å². The summed E-state index contributed by atoms with van der Waals surface area (Å²) in [6.07, 6.45) is 15.4. The SMILES string of the molecule is CC#CCCCCCCCC(=O)C(CC(=O)[O-])(C[N+](C)(C)C)OC(=O)CCCCCCCC=CC. The zero-order valence-corrected chi connectivity index (χ0v) is 23.0. The molecule has 6 heteroatoms. The first kappa shape index (κ1) is 32.9. The van der Waals surface area contributed by atoms with Gasteiger partial charge in [0.15, 0.2) is 5.78 Å². The van der Waals surface area contributed by atoms with E-state index < -0.39 is 24.0 Å². The number of ether oxygens (including phenoxy) is 1. The number of unbranched alkanes of at least 4 members (excludes halogenated alkanes) is 10. The maximum atomic E-state index is 13.3. The van der Waals surface area contributed by atoms with Crippen molar-refractivity contribution in [1.82, 2.24) is 0 Å². The van der Waals surface area contributed by atoms with E-state index in [2.05, 4.69) is 24.0 Å². The number of likely N-dealkylation sites (N-methyl/N-ethyl adjacent to an activating group) is 1. The van der Waals surface area contributed by atoms with E-state index in [9.17, 15) is 19.5 Å². The third-order valence-electron chi connectivity index (χ3n) is 5.85. The third kappa shape index (κ3) is 17.9. The van der Waals surface area contributed by atoms with Gasteiger partial charge in [0.25, 0.3) is 0 Å². The number of allylic oxidation sites excluding steroid dienone is 2. The van der Waals surface area contributed by atoms with E-state index in [4.69, 9.17) is 4.74 Å². The first-order chi connectivity index (χ1) is 16.6. The summed E-state index contributed by atoms with van der Waals surface area (Å²) in [5, 5.41) is 11.6. The van der Waals surface area contributed by atoms with Gasteiger partial charge in [-0.15, -0.1) is 11.8 Å². The molecular weight excluding hydrogens is 442 g/mol. The standard InChI is InChI=1S/C29H49NO5/c1-6-8-10-12-14-16-18-20-22-26(31)29(24-27(32)33,25-30(3,4)5)35-28(34)23-21-19-17-15-13-11-9-7-2/h7,9H,10-25H2,1-5H3. The molecule has 1 atom stereocenters. The van der Waals surface area contributed by atoms with Crippen LogP contribution in [0.3, 0.4) is 0 Å². The fourth-order valence-electron chi connectivity index (χ4n) is 4.25. The quantitative estimate of drug-likeness (QED) is 0.0761. The van der Waals surface area contributed by atoms with E-state index in [1.807, 2.05) is 35.0 Å². The van der Waals surface area contributed by atoms with Gasteiger partial charge in [0, 0.05) is 31.7 Å². The summed E-state index contributed by atoms with van der Waals surface area (Å²) < 4.78 is 6.02. The lowest BCUT2D eigenvalue weighted by Crippen LogP contribution is -2.58. The number of ketones is 1. The smallest absolute Gasteiger partial charge is 0.307 e. The molecule has 0 aliphatic rings. The summed E-state index contributed by atoms with van der Waals surface area (Å²) in [5.74, 6) is 3.74. The second-order valence-electron chi connectivity index (χ2n) is 10.5. The molecule has 0 N–H and O–H groups in total. The third-order valence-corrected chi connectivity index (χ3v) is 5.85. The average molecular weight is 492 g/mol. The molecule has 0 amide bonds. The Morgan fingerprint density at radius 1 is 0.886 bits per heavy atom. The Morgan fingerprint density at radius 3 is 2.03 bits per heavy atom. The summed E-state index contributed by atoms with van der Waals surface area (Å²) in [4.78, 5) is 37.6. The van der Waals surface area contributed by atoms with Crippen LogP contribution in [0.1, 0.15) is 110 Å². The lowest BCUT2D eigenvalue weighted by Gasteiger charge is -2.38. The number of carboxylic acid groups (broad SMARTS) is 1. The number of carboxylic acids is 1. The van der Waals surface area contributed by atoms with Crippen LogP contribution < -0.4 is 5.11 Å². The van der Waals surface area contributed by atoms with E-state index in [0.717, 1.165) is 64.2 Å². The molecule has 200 valence electrons. The Kier molecular flexibility index (Phi) is 17.9. The van der Waals surface area contributed by atoms with Crippen LogP contribution >= 0.6 is 0 Å². The first-order valence-electron chi connectivity index (χ1n) is 13.3. The van der Waals surface area contributed by atoms with Gasteiger partial charge in [-0.05, 0) is 46.0 Å². The topological polar surface area (TPSA) is 83.5 Å². The summed E-state index contributed by atoms with van der Waals surface area (Å²) in [6, 6.07) is 0. The maximum Gasteiger partial charge on any atom is 0.307 e. The Morgan fingerprint density at radius 2 is 1.46 bits per heavy atom. The van der Waals surface area contributed by atoms with E-state index in [1.54, 1.807) is 0 Å². The van der Waals surface area contributed by atoms with Crippen LogP contribution in [-0.4, -0.2) is 55.5 Å². The van der Waals surface area contributed by atoms with Gasteiger partial charge in [-0.2, -0.15) is 0 Å². The van der Waals surface area contributed by atoms with Crippen molar-refractivity contribution in [2.75, 3.05) is 27.7 Å². The molecule has 6 nitrogen and oxygen atoms in total. The van der Waals surface area contributed by atoms with Gasteiger partial charge in [-0.25, -0.2) is 0 Å².